The van der Waals surface area contributed by atoms with Gasteiger partial charge in [0.25, 0.3) is 0 Å². The third-order valence-electron chi connectivity index (χ3n) is 4.23. The Morgan fingerprint density at radius 3 is 2.68 bits per heavy atom. The van der Waals surface area contributed by atoms with Gasteiger partial charge in [-0.05, 0) is 44.4 Å². The van der Waals surface area contributed by atoms with Crippen molar-refractivity contribution in [3.05, 3.63) is 46.1 Å². The second-order valence-corrected chi connectivity index (χ2v) is 7.20. The van der Waals surface area contributed by atoms with Gasteiger partial charge in [0.1, 0.15) is 16.5 Å². The van der Waals surface area contributed by atoms with Crippen molar-refractivity contribution in [3.8, 4) is 0 Å². The summed E-state index contributed by atoms with van der Waals surface area (Å²) in [5.41, 5.74) is 3.16. The van der Waals surface area contributed by atoms with Crippen LogP contribution in [-0.4, -0.2) is 22.4 Å². The number of amides is 1. The third-order valence-corrected chi connectivity index (χ3v) is 5.33. The van der Waals surface area contributed by atoms with Crippen molar-refractivity contribution in [1.29, 1.82) is 0 Å². The summed E-state index contributed by atoms with van der Waals surface area (Å²) in [5, 5.41) is 7.16. The lowest BCUT2D eigenvalue weighted by atomic mass is 10.1. The summed E-state index contributed by atoms with van der Waals surface area (Å²) < 4.78 is 0. The summed E-state index contributed by atoms with van der Waals surface area (Å²) in [7, 11) is 0. The molecule has 0 aliphatic heterocycles. The Bertz CT molecular complexity index is 933. The van der Waals surface area contributed by atoms with Crippen molar-refractivity contribution in [2.75, 3.05) is 17.2 Å². The summed E-state index contributed by atoms with van der Waals surface area (Å²) in [4.78, 5) is 23.5. The van der Waals surface area contributed by atoms with E-state index < -0.39 is 0 Å². The van der Waals surface area contributed by atoms with E-state index in [2.05, 4.69) is 41.4 Å². The number of carbonyl (C=O) groups is 1. The number of thiophene rings is 1. The van der Waals surface area contributed by atoms with Gasteiger partial charge in [0.15, 0.2) is 0 Å². The number of rotatable bonds is 5. The highest BCUT2D eigenvalue weighted by molar-refractivity contribution is 7.18. The summed E-state index contributed by atoms with van der Waals surface area (Å²) in [5.74, 6) is 1.34. The maximum absolute atomic E-state index is 12.4. The standard InChI is InChI=1S/C19H22N4OS/c1-5-14-8-6-7-9-15(14)23-16(24)10-20-18-17-11(2)12(3)25-19(17)22-13(4)21-18/h6-9H,5,10H2,1-4H3,(H,23,24)(H,20,21,22). The summed E-state index contributed by atoms with van der Waals surface area (Å²) >= 11 is 1.66. The van der Waals surface area contributed by atoms with Gasteiger partial charge in [0.2, 0.25) is 5.91 Å². The average Bonchev–Trinajstić information content (AvgIpc) is 2.87. The molecule has 1 aromatic carbocycles. The number of fused-ring (bicyclic) bond motifs is 1. The zero-order chi connectivity index (χ0) is 18.0. The molecule has 1 amide bonds. The van der Waals surface area contributed by atoms with Gasteiger partial charge in [0.05, 0.1) is 11.9 Å². The lowest BCUT2D eigenvalue weighted by Gasteiger charge is -2.11. The molecule has 0 saturated heterocycles. The van der Waals surface area contributed by atoms with Crippen LogP contribution in [0.4, 0.5) is 11.5 Å². The molecule has 2 aromatic heterocycles. The molecule has 2 N–H and O–H groups in total. The molecule has 0 radical (unpaired) electrons. The molecule has 0 unspecified atom stereocenters. The highest BCUT2D eigenvalue weighted by Gasteiger charge is 2.14. The molecular weight excluding hydrogens is 332 g/mol. The van der Waals surface area contributed by atoms with Gasteiger partial charge < -0.3 is 10.6 Å². The Morgan fingerprint density at radius 2 is 1.92 bits per heavy atom. The van der Waals surface area contributed by atoms with Gasteiger partial charge in [-0.15, -0.1) is 11.3 Å². The van der Waals surface area contributed by atoms with Crippen LogP contribution in [0.2, 0.25) is 0 Å². The first-order valence-electron chi connectivity index (χ1n) is 8.35. The van der Waals surface area contributed by atoms with Gasteiger partial charge in [0, 0.05) is 10.6 Å². The van der Waals surface area contributed by atoms with E-state index in [1.807, 2.05) is 31.2 Å². The third kappa shape index (κ3) is 3.64. The molecule has 2 heterocycles. The van der Waals surface area contributed by atoms with Crippen molar-refractivity contribution in [1.82, 2.24) is 9.97 Å². The highest BCUT2D eigenvalue weighted by Crippen LogP contribution is 2.33. The van der Waals surface area contributed by atoms with Crippen LogP contribution in [0.1, 0.15) is 28.8 Å². The van der Waals surface area contributed by atoms with Crippen molar-refractivity contribution >= 4 is 39.0 Å². The maximum atomic E-state index is 12.4. The second kappa shape index (κ2) is 7.19. The number of aromatic nitrogens is 2. The minimum Gasteiger partial charge on any atom is -0.360 e. The zero-order valence-electron chi connectivity index (χ0n) is 14.9. The number of aryl methyl sites for hydroxylation is 4. The van der Waals surface area contributed by atoms with Gasteiger partial charge in [-0.1, -0.05) is 25.1 Å². The Hall–Kier alpha value is -2.47. The lowest BCUT2D eigenvalue weighted by Crippen LogP contribution is -2.23. The Labute approximate surface area is 151 Å². The molecule has 0 aliphatic rings. The van der Waals surface area contributed by atoms with E-state index in [9.17, 15) is 4.79 Å². The van der Waals surface area contributed by atoms with Crippen LogP contribution in [0, 0.1) is 20.8 Å². The molecule has 0 spiro atoms. The van der Waals surface area contributed by atoms with Crippen molar-refractivity contribution in [2.45, 2.75) is 34.1 Å². The predicted octanol–water partition coefficient (Wildman–Crippen LogP) is 4.23. The van der Waals surface area contributed by atoms with Gasteiger partial charge in [-0.25, -0.2) is 9.97 Å². The first-order valence-corrected chi connectivity index (χ1v) is 9.17. The van der Waals surface area contributed by atoms with Crippen LogP contribution in [0.15, 0.2) is 24.3 Å². The molecule has 0 aliphatic carbocycles. The van der Waals surface area contributed by atoms with E-state index in [4.69, 9.17) is 0 Å². The second-order valence-electron chi connectivity index (χ2n) is 6.00. The molecule has 3 aromatic rings. The monoisotopic (exact) mass is 354 g/mol. The summed E-state index contributed by atoms with van der Waals surface area (Å²) in [6, 6.07) is 7.86. The fourth-order valence-electron chi connectivity index (χ4n) is 2.79. The number of benzene rings is 1. The smallest absolute Gasteiger partial charge is 0.243 e. The van der Waals surface area contributed by atoms with Crippen LogP contribution in [0.25, 0.3) is 10.2 Å². The normalized spacial score (nSPS) is 10.9. The quantitative estimate of drug-likeness (QED) is 0.719. The Morgan fingerprint density at radius 1 is 1.16 bits per heavy atom. The number of hydrogen-bond acceptors (Lipinski definition) is 5. The van der Waals surface area contributed by atoms with Gasteiger partial charge in [-0.3, -0.25) is 4.79 Å². The molecule has 130 valence electrons. The van der Waals surface area contributed by atoms with E-state index in [-0.39, 0.29) is 12.5 Å². The molecule has 25 heavy (non-hydrogen) atoms. The van der Waals surface area contributed by atoms with E-state index >= 15 is 0 Å². The van der Waals surface area contributed by atoms with Crippen LogP contribution >= 0.6 is 11.3 Å². The fraction of sp³-hybridized carbons (Fsp3) is 0.316. The molecule has 6 heteroatoms. The average molecular weight is 354 g/mol. The number of carbonyl (C=O) groups excluding carboxylic acids is 1. The number of nitrogens with one attached hydrogen (secondary N) is 2. The zero-order valence-corrected chi connectivity index (χ0v) is 15.8. The molecule has 0 fully saturated rings. The van der Waals surface area contributed by atoms with Gasteiger partial charge in [-0.2, -0.15) is 0 Å². The highest BCUT2D eigenvalue weighted by atomic mass is 32.1. The number of anilines is 2. The van der Waals surface area contributed by atoms with E-state index in [1.165, 1.54) is 10.4 Å². The minimum atomic E-state index is -0.0880. The van der Waals surface area contributed by atoms with E-state index in [1.54, 1.807) is 11.3 Å². The molecular formula is C19H22N4OS. The van der Waals surface area contributed by atoms with Crippen molar-refractivity contribution in [3.63, 3.8) is 0 Å². The maximum Gasteiger partial charge on any atom is 0.243 e. The first kappa shape index (κ1) is 17.4. The molecule has 0 saturated carbocycles. The van der Waals surface area contributed by atoms with Gasteiger partial charge >= 0.3 is 0 Å². The molecule has 3 rings (SSSR count). The summed E-state index contributed by atoms with van der Waals surface area (Å²) in [6.07, 6.45) is 0.878. The molecule has 0 atom stereocenters. The van der Waals surface area contributed by atoms with Crippen LogP contribution in [0.5, 0.6) is 0 Å². The van der Waals surface area contributed by atoms with Crippen molar-refractivity contribution < 1.29 is 4.79 Å². The van der Waals surface area contributed by atoms with E-state index in [0.717, 1.165) is 33.7 Å². The SMILES string of the molecule is CCc1ccccc1NC(=O)CNc1nc(C)nc2sc(C)c(C)c12. The van der Waals surface area contributed by atoms with Crippen molar-refractivity contribution in [2.24, 2.45) is 0 Å². The molecule has 0 bridgehead atoms. The molecule has 5 nitrogen and oxygen atoms in total. The lowest BCUT2D eigenvalue weighted by molar-refractivity contribution is -0.114. The Balaban J connectivity index is 1.77. The topological polar surface area (TPSA) is 66.9 Å². The number of para-hydroxylation sites is 1. The number of nitrogens with zero attached hydrogens (tertiary/aromatic N) is 2. The fourth-order valence-corrected chi connectivity index (χ4v) is 3.87. The number of hydrogen-bond donors (Lipinski definition) is 2. The summed E-state index contributed by atoms with van der Waals surface area (Å²) in [6.45, 7) is 8.25. The predicted molar refractivity (Wildman–Crippen MR) is 105 cm³/mol. The van der Waals surface area contributed by atoms with Crippen LogP contribution in [-0.2, 0) is 11.2 Å². The van der Waals surface area contributed by atoms with E-state index in [0.29, 0.717) is 5.82 Å². The minimum absolute atomic E-state index is 0.0880. The largest absolute Gasteiger partial charge is 0.360 e. The Kier molecular flexibility index (Phi) is 4.99. The van der Waals surface area contributed by atoms with Crippen LogP contribution in [0.3, 0.4) is 0 Å². The van der Waals surface area contributed by atoms with Crippen LogP contribution < -0.4 is 10.6 Å². The first-order chi connectivity index (χ1) is 12.0.